The molecule has 4 nitrogen and oxygen atoms in total. The van der Waals surface area contributed by atoms with Crippen LogP contribution >= 0.6 is 0 Å². The molecule has 0 bridgehead atoms. The summed E-state index contributed by atoms with van der Waals surface area (Å²) in [4.78, 5) is 9.52. The van der Waals surface area contributed by atoms with Crippen LogP contribution in [0.2, 0.25) is 0 Å². The van der Waals surface area contributed by atoms with Crippen molar-refractivity contribution in [3.05, 3.63) is 23.4 Å². The lowest BCUT2D eigenvalue weighted by Crippen LogP contribution is -2.45. The van der Waals surface area contributed by atoms with Gasteiger partial charge in [0.1, 0.15) is 5.82 Å². The molecule has 4 heteroatoms. The molecule has 0 saturated carbocycles. The number of pyridine rings is 1. The zero-order valence-corrected chi connectivity index (χ0v) is 14.2. The molecule has 1 aromatic rings. The monoisotopic (exact) mass is 290 g/mol. The quantitative estimate of drug-likeness (QED) is 0.902. The maximum absolute atomic E-state index is 4.74. The number of rotatable bonds is 5. The van der Waals surface area contributed by atoms with E-state index in [2.05, 4.69) is 56.0 Å². The van der Waals surface area contributed by atoms with Crippen LogP contribution in [0.1, 0.15) is 37.8 Å². The van der Waals surface area contributed by atoms with Crippen LogP contribution < -0.4 is 10.2 Å². The predicted octanol–water partition coefficient (Wildman–Crippen LogP) is 2.42. The van der Waals surface area contributed by atoms with Gasteiger partial charge in [0.2, 0.25) is 0 Å². The second-order valence-corrected chi connectivity index (χ2v) is 6.73. The summed E-state index contributed by atoms with van der Waals surface area (Å²) in [6, 6.07) is 3.42. The van der Waals surface area contributed by atoms with Gasteiger partial charge in [-0.3, -0.25) is 0 Å². The molecule has 1 N–H and O–H groups in total. The van der Waals surface area contributed by atoms with Gasteiger partial charge in [-0.05, 0) is 51.1 Å². The number of hydrogen-bond acceptors (Lipinski definition) is 4. The summed E-state index contributed by atoms with van der Waals surface area (Å²) in [6.07, 6.45) is 4.57. The lowest BCUT2D eigenvalue weighted by molar-refractivity contribution is 0.257. The van der Waals surface area contributed by atoms with Crippen LogP contribution in [0.4, 0.5) is 5.82 Å². The first kappa shape index (κ1) is 16.2. The molecule has 2 heterocycles. The Bertz CT molecular complexity index is 456. The topological polar surface area (TPSA) is 31.4 Å². The maximum atomic E-state index is 4.74. The Morgan fingerprint density at radius 2 is 2.19 bits per heavy atom. The van der Waals surface area contributed by atoms with Gasteiger partial charge in [0.05, 0.1) is 0 Å². The Hall–Kier alpha value is -1.13. The molecule has 2 rings (SSSR count). The van der Waals surface area contributed by atoms with E-state index in [0.29, 0.717) is 12.1 Å². The fraction of sp³-hybridized carbons (Fsp3) is 0.706. The Morgan fingerprint density at radius 3 is 2.81 bits per heavy atom. The Balaban J connectivity index is 2.06. The summed E-state index contributed by atoms with van der Waals surface area (Å²) in [5.74, 6) is 1.16. The van der Waals surface area contributed by atoms with Gasteiger partial charge in [-0.25, -0.2) is 4.98 Å². The minimum absolute atomic E-state index is 0.507. The number of aryl methyl sites for hydroxylation is 1. The molecular weight excluding hydrogens is 260 g/mol. The van der Waals surface area contributed by atoms with Crippen molar-refractivity contribution >= 4 is 5.82 Å². The second-order valence-electron chi connectivity index (χ2n) is 6.73. The van der Waals surface area contributed by atoms with Crippen molar-refractivity contribution in [2.75, 3.05) is 32.1 Å². The van der Waals surface area contributed by atoms with E-state index >= 15 is 0 Å². The van der Waals surface area contributed by atoms with E-state index < -0.39 is 0 Å². The molecule has 0 spiro atoms. The van der Waals surface area contributed by atoms with Crippen molar-refractivity contribution in [1.29, 1.82) is 0 Å². The highest BCUT2D eigenvalue weighted by molar-refractivity contribution is 5.48. The molecule has 0 radical (unpaired) electrons. The van der Waals surface area contributed by atoms with Crippen molar-refractivity contribution in [2.24, 2.45) is 0 Å². The molecular formula is C17H30N4. The third-order valence-corrected chi connectivity index (χ3v) is 4.25. The van der Waals surface area contributed by atoms with Crippen molar-refractivity contribution in [2.45, 2.75) is 52.2 Å². The molecule has 1 atom stereocenters. The number of anilines is 1. The van der Waals surface area contributed by atoms with Crippen LogP contribution in [-0.4, -0.2) is 49.2 Å². The van der Waals surface area contributed by atoms with Crippen molar-refractivity contribution in [3.8, 4) is 0 Å². The molecule has 21 heavy (non-hydrogen) atoms. The van der Waals surface area contributed by atoms with Crippen LogP contribution in [0.15, 0.2) is 12.3 Å². The summed E-state index contributed by atoms with van der Waals surface area (Å²) in [5, 5.41) is 3.45. The fourth-order valence-electron chi connectivity index (χ4n) is 2.94. The average molecular weight is 290 g/mol. The maximum Gasteiger partial charge on any atom is 0.131 e. The SMILES string of the molecule is Cc1cc(CNC(C)C)cnc1N1CCCC(N(C)C)C1. The normalized spacial score (nSPS) is 19.6. The first-order valence-corrected chi connectivity index (χ1v) is 8.07. The fourth-order valence-corrected chi connectivity index (χ4v) is 2.94. The second kappa shape index (κ2) is 7.23. The first-order chi connectivity index (χ1) is 9.97. The van der Waals surface area contributed by atoms with E-state index in [1.54, 1.807) is 0 Å². The smallest absolute Gasteiger partial charge is 0.131 e. The summed E-state index contributed by atoms with van der Waals surface area (Å²) in [6.45, 7) is 9.63. The molecule has 1 aliphatic heterocycles. The Labute approximate surface area is 129 Å². The van der Waals surface area contributed by atoms with E-state index in [4.69, 9.17) is 4.98 Å². The number of nitrogens with zero attached hydrogens (tertiary/aromatic N) is 3. The Morgan fingerprint density at radius 1 is 1.43 bits per heavy atom. The zero-order valence-electron chi connectivity index (χ0n) is 14.2. The highest BCUT2D eigenvalue weighted by Crippen LogP contribution is 2.23. The first-order valence-electron chi connectivity index (χ1n) is 8.07. The summed E-state index contributed by atoms with van der Waals surface area (Å²) >= 11 is 0. The molecule has 118 valence electrons. The summed E-state index contributed by atoms with van der Waals surface area (Å²) in [5.41, 5.74) is 2.56. The molecule has 0 aromatic carbocycles. The van der Waals surface area contributed by atoms with E-state index in [-0.39, 0.29) is 0 Å². The van der Waals surface area contributed by atoms with Gasteiger partial charge in [-0.2, -0.15) is 0 Å². The minimum Gasteiger partial charge on any atom is -0.355 e. The molecule has 1 fully saturated rings. The van der Waals surface area contributed by atoms with Crippen LogP contribution in [0, 0.1) is 6.92 Å². The largest absolute Gasteiger partial charge is 0.355 e. The van der Waals surface area contributed by atoms with Gasteiger partial charge in [-0.1, -0.05) is 13.8 Å². The van der Waals surface area contributed by atoms with Crippen molar-refractivity contribution in [3.63, 3.8) is 0 Å². The molecule has 1 saturated heterocycles. The number of nitrogens with one attached hydrogen (secondary N) is 1. The number of aromatic nitrogens is 1. The molecule has 0 aliphatic carbocycles. The third-order valence-electron chi connectivity index (χ3n) is 4.25. The molecule has 1 aromatic heterocycles. The van der Waals surface area contributed by atoms with Gasteiger partial charge in [0.15, 0.2) is 0 Å². The van der Waals surface area contributed by atoms with E-state index in [1.807, 2.05) is 6.20 Å². The van der Waals surface area contributed by atoms with Crippen molar-refractivity contribution in [1.82, 2.24) is 15.2 Å². The highest BCUT2D eigenvalue weighted by Gasteiger charge is 2.23. The molecule has 1 aliphatic rings. The number of likely N-dealkylation sites (N-methyl/N-ethyl adjacent to an activating group) is 1. The molecule has 1 unspecified atom stereocenters. The van der Waals surface area contributed by atoms with Gasteiger partial charge < -0.3 is 15.1 Å². The van der Waals surface area contributed by atoms with Crippen LogP contribution in [0.3, 0.4) is 0 Å². The van der Waals surface area contributed by atoms with E-state index in [1.165, 1.54) is 24.0 Å². The summed E-state index contributed by atoms with van der Waals surface area (Å²) in [7, 11) is 4.35. The summed E-state index contributed by atoms with van der Waals surface area (Å²) < 4.78 is 0. The minimum atomic E-state index is 0.507. The lowest BCUT2D eigenvalue weighted by Gasteiger charge is -2.37. The molecule has 0 amide bonds. The predicted molar refractivity (Wildman–Crippen MR) is 89.9 cm³/mol. The Kier molecular flexibility index (Phi) is 5.59. The van der Waals surface area contributed by atoms with Gasteiger partial charge >= 0.3 is 0 Å². The van der Waals surface area contributed by atoms with Crippen molar-refractivity contribution < 1.29 is 0 Å². The van der Waals surface area contributed by atoms with Gasteiger partial charge in [-0.15, -0.1) is 0 Å². The van der Waals surface area contributed by atoms with Crippen LogP contribution in [0.25, 0.3) is 0 Å². The zero-order chi connectivity index (χ0) is 15.4. The third kappa shape index (κ3) is 4.42. The van der Waals surface area contributed by atoms with E-state index in [0.717, 1.165) is 25.5 Å². The standard InChI is InChI=1S/C17H30N4/c1-13(2)18-10-15-9-14(3)17(19-11-15)21-8-6-7-16(12-21)20(4)5/h9,11,13,16,18H,6-8,10,12H2,1-5H3. The van der Waals surface area contributed by atoms with Crippen LogP contribution in [-0.2, 0) is 6.54 Å². The number of hydrogen-bond donors (Lipinski definition) is 1. The van der Waals surface area contributed by atoms with Gasteiger partial charge in [0, 0.05) is 37.9 Å². The highest BCUT2D eigenvalue weighted by atomic mass is 15.2. The number of piperidine rings is 1. The lowest BCUT2D eigenvalue weighted by atomic mass is 10.0. The van der Waals surface area contributed by atoms with Crippen LogP contribution in [0.5, 0.6) is 0 Å². The van der Waals surface area contributed by atoms with Gasteiger partial charge in [0.25, 0.3) is 0 Å². The van der Waals surface area contributed by atoms with E-state index in [9.17, 15) is 0 Å². The average Bonchev–Trinajstić information content (AvgIpc) is 2.45.